The van der Waals surface area contributed by atoms with Crippen LogP contribution in [-0.4, -0.2) is 39.3 Å². The molecule has 0 aliphatic carbocycles. The molecular formula is C19H21N5O3. The second-order valence-electron chi connectivity index (χ2n) is 6.60. The van der Waals surface area contributed by atoms with Crippen LogP contribution in [0.5, 0.6) is 5.88 Å². The Labute approximate surface area is 156 Å². The molecule has 1 aliphatic heterocycles. The highest BCUT2D eigenvalue weighted by Crippen LogP contribution is 2.24. The molecule has 1 atom stereocenters. The summed E-state index contributed by atoms with van der Waals surface area (Å²) in [6.45, 7) is 3.01. The van der Waals surface area contributed by atoms with Gasteiger partial charge in [-0.2, -0.15) is 4.98 Å². The molecule has 0 amide bonds. The van der Waals surface area contributed by atoms with Crippen molar-refractivity contribution in [1.29, 1.82) is 0 Å². The van der Waals surface area contributed by atoms with Crippen molar-refractivity contribution in [2.75, 3.05) is 19.5 Å². The molecule has 0 bridgehead atoms. The molecule has 1 fully saturated rings. The molecule has 1 unspecified atom stereocenters. The van der Waals surface area contributed by atoms with Crippen molar-refractivity contribution in [3.05, 3.63) is 40.4 Å². The largest absolute Gasteiger partial charge is 0.481 e. The second-order valence-corrected chi connectivity index (χ2v) is 6.60. The number of fused-ring (bicyclic) bond motifs is 1. The van der Waals surface area contributed by atoms with E-state index in [1.54, 1.807) is 23.9 Å². The fourth-order valence-corrected chi connectivity index (χ4v) is 3.44. The summed E-state index contributed by atoms with van der Waals surface area (Å²) < 4.78 is 12.5. The van der Waals surface area contributed by atoms with Crippen LogP contribution in [0.1, 0.15) is 18.5 Å². The van der Waals surface area contributed by atoms with Gasteiger partial charge in [-0.3, -0.25) is 9.36 Å². The van der Waals surface area contributed by atoms with Gasteiger partial charge in [0.15, 0.2) is 0 Å². The van der Waals surface area contributed by atoms with Crippen LogP contribution in [0.3, 0.4) is 0 Å². The van der Waals surface area contributed by atoms with E-state index >= 15 is 0 Å². The highest BCUT2D eigenvalue weighted by atomic mass is 16.5. The van der Waals surface area contributed by atoms with E-state index in [-0.39, 0.29) is 17.6 Å². The highest BCUT2D eigenvalue weighted by Gasteiger charge is 2.21. The van der Waals surface area contributed by atoms with Gasteiger partial charge in [-0.25, -0.2) is 9.97 Å². The zero-order valence-corrected chi connectivity index (χ0v) is 15.3. The third-order valence-corrected chi connectivity index (χ3v) is 4.82. The molecule has 27 heavy (non-hydrogen) atoms. The molecule has 8 heteroatoms. The normalized spacial score (nSPS) is 16.7. The van der Waals surface area contributed by atoms with Gasteiger partial charge < -0.3 is 15.2 Å². The number of aryl methyl sites for hydroxylation is 1. The number of rotatable bonds is 4. The molecule has 3 aromatic heterocycles. The molecule has 0 radical (unpaired) electrons. The number of nitrogens with two attached hydrogens (primary N) is 1. The number of anilines is 1. The molecule has 0 aromatic carbocycles. The minimum atomic E-state index is -0.150. The van der Waals surface area contributed by atoms with Gasteiger partial charge in [0, 0.05) is 35.4 Å². The van der Waals surface area contributed by atoms with Crippen molar-refractivity contribution >= 4 is 17.0 Å². The van der Waals surface area contributed by atoms with E-state index in [0.717, 1.165) is 30.5 Å². The summed E-state index contributed by atoms with van der Waals surface area (Å²) in [7, 11) is 1.55. The van der Waals surface area contributed by atoms with Gasteiger partial charge in [0.1, 0.15) is 5.65 Å². The number of hydrogen-bond acceptors (Lipinski definition) is 7. The van der Waals surface area contributed by atoms with E-state index < -0.39 is 0 Å². The SMILES string of the molecule is COc1ccc(-c2cc3c(C)nc(N)nc3n(CC3CCCO3)c2=O)cn1. The summed E-state index contributed by atoms with van der Waals surface area (Å²) in [5.74, 6) is 0.644. The predicted molar refractivity (Wildman–Crippen MR) is 102 cm³/mol. The zero-order chi connectivity index (χ0) is 19.0. The first-order chi connectivity index (χ1) is 13.1. The summed E-state index contributed by atoms with van der Waals surface area (Å²) >= 11 is 0. The first kappa shape index (κ1) is 17.4. The van der Waals surface area contributed by atoms with E-state index in [0.29, 0.717) is 29.2 Å². The minimum Gasteiger partial charge on any atom is -0.481 e. The Kier molecular flexibility index (Phi) is 4.49. The van der Waals surface area contributed by atoms with E-state index in [4.69, 9.17) is 15.2 Å². The number of hydrogen-bond donors (Lipinski definition) is 1. The Morgan fingerprint density at radius 1 is 1.37 bits per heavy atom. The second kappa shape index (κ2) is 6.96. The fourth-order valence-electron chi connectivity index (χ4n) is 3.44. The van der Waals surface area contributed by atoms with E-state index in [1.165, 1.54) is 0 Å². The number of nitrogen functional groups attached to an aromatic ring is 1. The Morgan fingerprint density at radius 3 is 2.89 bits per heavy atom. The first-order valence-electron chi connectivity index (χ1n) is 8.86. The van der Waals surface area contributed by atoms with Crippen LogP contribution in [0.25, 0.3) is 22.2 Å². The van der Waals surface area contributed by atoms with E-state index in [2.05, 4.69) is 15.0 Å². The van der Waals surface area contributed by atoms with Crippen molar-refractivity contribution in [2.45, 2.75) is 32.4 Å². The topological polar surface area (TPSA) is 105 Å². The van der Waals surface area contributed by atoms with Gasteiger partial charge in [-0.05, 0) is 31.9 Å². The zero-order valence-electron chi connectivity index (χ0n) is 15.3. The Bertz CT molecular complexity index is 1040. The van der Waals surface area contributed by atoms with E-state index in [9.17, 15) is 4.79 Å². The lowest BCUT2D eigenvalue weighted by Crippen LogP contribution is -2.28. The summed E-state index contributed by atoms with van der Waals surface area (Å²) in [5.41, 5.74) is 8.19. The van der Waals surface area contributed by atoms with Crippen LogP contribution < -0.4 is 16.0 Å². The number of ether oxygens (including phenoxy) is 2. The van der Waals surface area contributed by atoms with Crippen molar-refractivity contribution < 1.29 is 9.47 Å². The lowest BCUT2D eigenvalue weighted by Gasteiger charge is -2.17. The average molecular weight is 367 g/mol. The van der Waals surface area contributed by atoms with Crippen molar-refractivity contribution in [3.63, 3.8) is 0 Å². The van der Waals surface area contributed by atoms with Crippen molar-refractivity contribution in [3.8, 4) is 17.0 Å². The van der Waals surface area contributed by atoms with Crippen LogP contribution in [0, 0.1) is 6.92 Å². The molecule has 2 N–H and O–H groups in total. The maximum atomic E-state index is 13.3. The van der Waals surface area contributed by atoms with Gasteiger partial charge in [-0.1, -0.05) is 0 Å². The molecule has 4 rings (SSSR count). The van der Waals surface area contributed by atoms with Gasteiger partial charge >= 0.3 is 0 Å². The molecule has 0 spiro atoms. The summed E-state index contributed by atoms with van der Waals surface area (Å²) in [4.78, 5) is 26.1. The Morgan fingerprint density at radius 2 is 2.22 bits per heavy atom. The number of nitrogens with zero attached hydrogens (tertiary/aromatic N) is 4. The average Bonchev–Trinajstić information content (AvgIpc) is 3.17. The lowest BCUT2D eigenvalue weighted by atomic mass is 10.1. The van der Waals surface area contributed by atoms with Gasteiger partial charge in [0.2, 0.25) is 11.8 Å². The number of pyridine rings is 2. The predicted octanol–water partition coefficient (Wildman–Crippen LogP) is 1.93. The maximum Gasteiger partial charge on any atom is 0.260 e. The fraction of sp³-hybridized carbons (Fsp3) is 0.368. The molecule has 140 valence electrons. The van der Waals surface area contributed by atoms with Gasteiger partial charge in [-0.15, -0.1) is 0 Å². The monoisotopic (exact) mass is 367 g/mol. The van der Waals surface area contributed by atoms with Crippen molar-refractivity contribution in [1.82, 2.24) is 19.5 Å². The molecule has 8 nitrogen and oxygen atoms in total. The minimum absolute atomic E-state index is 0.00774. The smallest absolute Gasteiger partial charge is 0.260 e. The maximum absolute atomic E-state index is 13.3. The van der Waals surface area contributed by atoms with E-state index in [1.807, 2.05) is 19.1 Å². The molecular weight excluding hydrogens is 346 g/mol. The van der Waals surface area contributed by atoms with Crippen molar-refractivity contribution in [2.24, 2.45) is 0 Å². The summed E-state index contributed by atoms with van der Waals surface area (Å²) in [5, 5.41) is 0.785. The lowest BCUT2D eigenvalue weighted by molar-refractivity contribution is 0.0971. The van der Waals surface area contributed by atoms with Gasteiger partial charge in [0.25, 0.3) is 5.56 Å². The first-order valence-corrected chi connectivity index (χ1v) is 8.86. The Hall–Kier alpha value is -3.00. The standard InChI is InChI=1S/C19H21N5O3/c1-11-14-8-15(12-5-6-16(26-2)21-9-12)18(25)24(10-13-4-3-7-27-13)17(14)23-19(20)22-11/h5-6,8-9,13H,3-4,7,10H2,1-2H3,(H2,20,22,23). The van der Waals surface area contributed by atoms with Crippen LogP contribution in [0.4, 0.5) is 5.95 Å². The third-order valence-electron chi connectivity index (χ3n) is 4.82. The van der Waals surface area contributed by atoms with Crippen LogP contribution in [0.2, 0.25) is 0 Å². The van der Waals surface area contributed by atoms with Crippen LogP contribution in [0.15, 0.2) is 29.2 Å². The third kappa shape index (κ3) is 3.23. The van der Waals surface area contributed by atoms with Crippen LogP contribution >= 0.6 is 0 Å². The molecule has 1 aliphatic rings. The molecule has 1 saturated heterocycles. The highest BCUT2D eigenvalue weighted by molar-refractivity contribution is 5.83. The quantitative estimate of drug-likeness (QED) is 0.751. The summed E-state index contributed by atoms with van der Waals surface area (Å²) in [6, 6.07) is 5.36. The molecule has 3 aromatic rings. The Balaban J connectivity index is 1.93. The molecule has 0 saturated carbocycles. The summed E-state index contributed by atoms with van der Waals surface area (Å²) in [6.07, 6.45) is 3.54. The van der Waals surface area contributed by atoms with Crippen LogP contribution in [-0.2, 0) is 11.3 Å². The number of aromatic nitrogens is 4. The van der Waals surface area contributed by atoms with Gasteiger partial charge in [0.05, 0.1) is 25.5 Å². The number of methoxy groups -OCH3 is 1. The molecule has 4 heterocycles.